The highest BCUT2D eigenvalue weighted by atomic mass is 16.1. The molecule has 6 heteroatoms. The van der Waals surface area contributed by atoms with E-state index < -0.39 is 0 Å². The number of carbonyl (C=O) groups is 1. The molecular weight excluding hydrogens is 302 g/mol. The van der Waals surface area contributed by atoms with E-state index in [4.69, 9.17) is 0 Å². The van der Waals surface area contributed by atoms with Crippen molar-refractivity contribution in [3.8, 4) is 0 Å². The smallest absolute Gasteiger partial charge is 0.271 e. The summed E-state index contributed by atoms with van der Waals surface area (Å²) < 4.78 is 0. The molecule has 0 saturated heterocycles. The van der Waals surface area contributed by atoms with Crippen LogP contribution in [0.2, 0.25) is 0 Å². The third-order valence-corrected chi connectivity index (χ3v) is 3.63. The highest BCUT2D eigenvalue weighted by Crippen LogP contribution is 2.23. The number of nitrogens with one attached hydrogen (secondary N) is 1. The van der Waals surface area contributed by atoms with Crippen LogP contribution in [0.15, 0.2) is 36.4 Å². The third kappa shape index (κ3) is 4.76. The molecule has 0 aliphatic carbocycles. The number of anilines is 2. The lowest BCUT2D eigenvalue weighted by molar-refractivity contribution is 0.0945. The molecule has 0 unspecified atom stereocenters. The number of amides is 1. The quantitative estimate of drug-likeness (QED) is 0.845. The molecule has 2 rings (SSSR count). The molecule has 2 aromatic rings. The first-order valence-corrected chi connectivity index (χ1v) is 8.12. The molecule has 1 amide bonds. The Morgan fingerprint density at radius 1 is 1.17 bits per heavy atom. The second kappa shape index (κ2) is 8.40. The number of hydrogen-bond acceptors (Lipinski definition) is 5. The summed E-state index contributed by atoms with van der Waals surface area (Å²) in [7, 11) is 3.93. The van der Waals surface area contributed by atoms with Crippen LogP contribution in [0.25, 0.3) is 0 Å². The number of carbonyl (C=O) groups excluding carboxylic acids is 1. The van der Waals surface area contributed by atoms with Gasteiger partial charge in [0.05, 0.1) is 0 Å². The normalized spacial score (nSPS) is 10.7. The van der Waals surface area contributed by atoms with Crippen molar-refractivity contribution in [1.82, 2.24) is 20.4 Å². The first kappa shape index (κ1) is 17.9. The largest absolute Gasteiger partial charge is 0.349 e. The van der Waals surface area contributed by atoms with E-state index in [1.807, 2.05) is 37.2 Å². The first-order valence-electron chi connectivity index (χ1n) is 8.12. The molecule has 0 fully saturated rings. The summed E-state index contributed by atoms with van der Waals surface area (Å²) in [5, 5.41) is 11.1. The lowest BCUT2D eigenvalue weighted by atomic mass is 10.2. The van der Waals surface area contributed by atoms with E-state index in [0.29, 0.717) is 12.2 Å². The number of rotatable bonds is 7. The van der Waals surface area contributed by atoms with Crippen molar-refractivity contribution in [2.24, 2.45) is 0 Å². The van der Waals surface area contributed by atoms with Gasteiger partial charge in [-0.2, -0.15) is 0 Å². The van der Waals surface area contributed by atoms with Crippen molar-refractivity contribution in [2.45, 2.75) is 13.8 Å². The van der Waals surface area contributed by atoms with Gasteiger partial charge in [-0.15, -0.1) is 10.2 Å². The van der Waals surface area contributed by atoms with Gasteiger partial charge in [0.2, 0.25) is 0 Å². The monoisotopic (exact) mass is 327 g/mol. The van der Waals surface area contributed by atoms with Crippen LogP contribution in [0.1, 0.15) is 23.0 Å². The summed E-state index contributed by atoms with van der Waals surface area (Å²) in [5.74, 6) is 0.530. The average molecular weight is 327 g/mol. The van der Waals surface area contributed by atoms with Gasteiger partial charge in [-0.3, -0.25) is 4.79 Å². The number of hydrogen-bond donors (Lipinski definition) is 1. The molecule has 1 N–H and O–H groups in total. The van der Waals surface area contributed by atoms with E-state index in [-0.39, 0.29) is 5.91 Å². The number of aryl methyl sites for hydroxylation is 1. The minimum Gasteiger partial charge on any atom is -0.349 e. The zero-order valence-electron chi connectivity index (χ0n) is 14.8. The molecule has 0 saturated carbocycles. The lowest BCUT2D eigenvalue weighted by Crippen LogP contribution is -2.32. The Labute approximate surface area is 143 Å². The Balaban J connectivity index is 2.08. The molecule has 0 bridgehead atoms. The van der Waals surface area contributed by atoms with Crippen LogP contribution in [0, 0.1) is 6.92 Å². The van der Waals surface area contributed by atoms with Crippen molar-refractivity contribution < 1.29 is 4.79 Å². The van der Waals surface area contributed by atoms with Crippen LogP contribution < -0.4 is 10.2 Å². The minimum atomic E-state index is -0.200. The van der Waals surface area contributed by atoms with E-state index in [0.717, 1.165) is 24.6 Å². The molecule has 1 heterocycles. The van der Waals surface area contributed by atoms with Crippen LogP contribution in [-0.4, -0.2) is 54.7 Å². The van der Waals surface area contributed by atoms with Gasteiger partial charge < -0.3 is 15.1 Å². The Bertz CT molecular complexity index is 669. The van der Waals surface area contributed by atoms with Crippen LogP contribution >= 0.6 is 0 Å². The fourth-order valence-electron chi connectivity index (χ4n) is 2.35. The van der Waals surface area contributed by atoms with Crippen molar-refractivity contribution in [1.29, 1.82) is 0 Å². The van der Waals surface area contributed by atoms with E-state index in [1.54, 1.807) is 6.07 Å². The van der Waals surface area contributed by atoms with Crippen LogP contribution in [0.3, 0.4) is 0 Å². The molecule has 0 aliphatic heterocycles. The third-order valence-electron chi connectivity index (χ3n) is 3.63. The maximum Gasteiger partial charge on any atom is 0.271 e. The molecule has 0 spiro atoms. The lowest BCUT2D eigenvalue weighted by Gasteiger charge is -2.22. The summed E-state index contributed by atoms with van der Waals surface area (Å²) in [4.78, 5) is 16.1. The SMILES string of the molecule is CCN(c1cccc(C)c1)c1ccc(C(=O)NCCN(C)C)nn1. The van der Waals surface area contributed by atoms with Gasteiger partial charge in [0.25, 0.3) is 5.91 Å². The Hall–Kier alpha value is -2.47. The Morgan fingerprint density at radius 3 is 2.54 bits per heavy atom. The average Bonchev–Trinajstić information content (AvgIpc) is 2.56. The van der Waals surface area contributed by atoms with Crippen molar-refractivity contribution in [3.05, 3.63) is 47.7 Å². The van der Waals surface area contributed by atoms with Gasteiger partial charge in [-0.1, -0.05) is 12.1 Å². The van der Waals surface area contributed by atoms with E-state index >= 15 is 0 Å². The topological polar surface area (TPSA) is 61.4 Å². The fraction of sp³-hybridized carbons (Fsp3) is 0.389. The summed E-state index contributed by atoms with van der Waals surface area (Å²) in [6.45, 7) is 6.26. The highest BCUT2D eigenvalue weighted by molar-refractivity contribution is 5.92. The van der Waals surface area contributed by atoms with Crippen LogP contribution in [0.4, 0.5) is 11.5 Å². The molecule has 6 nitrogen and oxygen atoms in total. The molecule has 128 valence electrons. The fourth-order valence-corrected chi connectivity index (χ4v) is 2.35. The van der Waals surface area contributed by atoms with Crippen LogP contribution in [-0.2, 0) is 0 Å². The molecule has 0 atom stereocenters. The molecular formula is C18H25N5O. The molecule has 0 radical (unpaired) electrons. The van der Waals surface area contributed by atoms with Crippen LogP contribution in [0.5, 0.6) is 0 Å². The van der Waals surface area contributed by atoms with Gasteiger partial charge in [-0.05, 0) is 57.8 Å². The standard InChI is InChI=1S/C18H25N5O/c1-5-23(15-8-6-7-14(2)13-15)17-10-9-16(20-21-17)18(24)19-11-12-22(3)4/h6-10,13H,5,11-12H2,1-4H3,(H,19,24). The summed E-state index contributed by atoms with van der Waals surface area (Å²) in [6.07, 6.45) is 0. The number of aromatic nitrogens is 2. The zero-order valence-corrected chi connectivity index (χ0v) is 14.8. The second-order valence-corrected chi connectivity index (χ2v) is 5.92. The highest BCUT2D eigenvalue weighted by Gasteiger charge is 2.12. The summed E-state index contributed by atoms with van der Waals surface area (Å²) in [5.41, 5.74) is 2.59. The molecule has 1 aromatic carbocycles. The molecule has 1 aromatic heterocycles. The van der Waals surface area contributed by atoms with Gasteiger partial charge in [-0.25, -0.2) is 0 Å². The predicted octanol–water partition coefficient (Wildman–Crippen LogP) is 2.23. The Kier molecular flexibility index (Phi) is 6.26. The predicted molar refractivity (Wildman–Crippen MR) is 96.8 cm³/mol. The van der Waals surface area contributed by atoms with Gasteiger partial charge in [0, 0.05) is 25.3 Å². The first-order chi connectivity index (χ1) is 11.5. The molecule has 24 heavy (non-hydrogen) atoms. The van der Waals surface area contributed by atoms with Gasteiger partial charge in [0.1, 0.15) is 0 Å². The maximum absolute atomic E-state index is 12.0. The van der Waals surface area contributed by atoms with Gasteiger partial charge >= 0.3 is 0 Å². The van der Waals surface area contributed by atoms with E-state index in [2.05, 4.69) is 46.4 Å². The second-order valence-electron chi connectivity index (χ2n) is 5.92. The van der Waals surface area contributed by atoms with E-state index in [9.17, 15) is 4.79 Å². The number of nitrogens with zero attached hydrogens (tertiary/aromatic N) is 4. The number of likely N-dealkylation sites (N-methyl/N-ethyl adjacent to an activating group) is 1. The van der Waals surface area contributed by atoms with Gasteiger partial charge in [0.15, 0.2) is 11.5 Å². The van der Waals surface area contributed by atoms with E-state index in [1.165, 1.54) is 5.56 Å². The Morgan fingerprint density at radius 2 is 1.96 bits per heavy atom. The van der Waals surface area contributed by atoms with Crippen molar-refractivity contribution >= 4 is 17.4 Å². The van der Waals surface area contributed by atoms with Crippen molar-refractivity contribution in [2.75, 3.05) is 38.6 Å². The number of benzene rings is 1. The summed E-state index contributed by atoms with van der Waals surface area (Å²) in [6, 6.07) is 11.8. The molecule has 0 aliphatic rings. The minimum absolute atomic E-state index is 0.200. The maximum atomic E-state index is 12.0. The zero-order chi connectivity index (χ0) is 17.5. The van der Waals surface area contributed by atoms with Crippen molar-refractivity contribution in [3.63, 3.8) is 0 Å². The summed E-state index contributed by atoms with van der Waals surface area (Å²) >= 11 is 0.